The molecule has 0 unspecified atom stereocenters. The average Bonchev–Trinajstić information content (AvgIpc) is 2.43. The van der Waals surface area contributed by atoms with Crippen LogP contribution in [0.5, 0.6) is 0 Å². The van der Waals surface area contributed by atoms with E-state index in [1.54, 1.807) is 24.3 Å². The molecule has 0 bridgehead atoms. The van der Waals surface area contributed by atoms with Crippen molar-refractivity contribution in [2.45, 2.75) is 0 Å². The zero-order valence-electron chi connectivity index (χ0n) is 12.3. The zero-order chi connectivity index (χ0) is 13.4. The number of rotatable bonds is 2. The predicted molar refractivity (Wildman–Crippen MR) is 72.5 cm³/mol. The molecule has 100 valence electrons. The van der Waals surface area contributed by atoms with Gasteiger partial charge in [-0.15, -0.1) is 6.07 Å². The largest absolute Gasteiger partial charge is 1.00 e. The Labute approximate surface area is 151 Å². The van der Waals surface area contributed by atoms with E-state index in [2.05, 4.69) is 0 Å². The Morgan fingerprint density at radius 3 is 1.91 bits per heavy atom. The summed E-state index contributed by atoms with van der Waals surface area (Å²) >= 11 is 0. The van der Waals surface area contributed by atoms with Crippen LogP contribution >= 0.6 is 0 Å². The molecule has 0 spiro atoms. The van der Waals surface area contributed by atoms with Gasteiger partial charge in [-0.05, 0) is 33.9 Å². The second-order valence-corrected chi connectivity index (χ2v) is 4.37. The summed E-state index contributed by atoms with van der Waals surface area (Å²) in [6, 6.07) is 13.9. The van der Waals surface area contributed by atoms with Crippen molar-refractivity contribution in [3.63, 3.8) is 0 Å². The quantitative estimate of drug-likeness (QED) is 0.269. The number of benzene rings is 3. The van der Waals surface area contributed by atoms with Gasteiger partial charge in [0.15, 0.2) is 0 Å². The second-order valence-electron chi connectivity index (χ2n) is 4.37. The Hall–Kier alpha value is -1.53. The number of carboxylic acids is 1. The first-order chi connectivity index (χ1) is 9.17. The molecule has 0 radical (unpaired) electrons. The smallest absolute Gasteiger partial charge is 0.870 e. The first-order valence-electron chi connectivity index (χ1n) is 5.74. The molecule has 1 N–H and O–H groups in total. The van der Waals surface area contributed by atoms with Crippen molar-refractivity contribution >= 4 is 33.8 Å². The number of carbonyl (C=O) groups excluding carboxylic acids is 2. The molecule has 0 aliphatic carbocycles. The molecule has 0 aromatic heterocycles. The minimum Gasteiger partial charge on any atom is -0.870 e. The summed E-state index contributed by atoms with van der Waals surface area (Å²) in [5.41, 5.74) is 0.655. The van der Waals surface area contributed by atoms with Crippen LogP contribution in [0, 0.1) is 0 Å². The number of fused-ring (bicyclic) bond motifs is 2. The molecule has 3 rings (SSSR count). The van der Waals surface area contributed by atoms with Gasteiger partial charge in [-0.1, -0.05) is 23.6 Å². The van der Waals surface area contributed by atoms with E-state index in [4.69, 9.17) is 0 Å². The maximum atomic E-state index is 10.8. The van der Waals surface area contributed by atoms with Crippen LogP contribution in [0.3, 0.4) is 0 Å². The Bertz CT molecular complexity index is 831. The van der Waals surface area contributed by atoms with Crippen LogP contribution in [0.2, 0.25) is 0 Å². The molecule has 4 nitrogen and oxygen atoms in total. The van der Waals surface area contributed by atoms with E-state index in [-0.39, 0.29) is 48.8 Å². The maximum absolute atomic E-state index is 10.8. The number of carbonyl (C=O) groups is 1. The standard InChI is InChI=1S/C16H9O3.2Li.H2O/c17-9-10-1-2-11-7-15-8-13(16(18)19)4-3-12(15)6-14(11)5-10;;;/h1-8H,(H,18,19);;;1H2/q-1;2*+1;/p-2. The minimum atomic E-state index is -1.19. The van der Waals surface area contributed by atoms with E-state index >= 15 is 0 Å². The third-order valence-corrected chi connectivity index (χ3v) is 3.15. The molecular weight excluding hydrogens is 270 g/mol. The van der Waals surface area contributed by atoms with Crippen LogP contribution in [-0.2, 0) is 4.79 Å². The van der Waals surface area contributed by atoms with Crippen molar-refractivity contribution < 1.29 is 57.9 Å². The van der Waals surface area contributed by atoms with Gasteiger partial charge in [0.2, 0.25) is 0 Å². The SMILES string of the molecule is O=[C-]c1ccc2cc3cc(C(=O)[O-])ccc3cc2c1.[Li+].[Li+].[OH-]. The van der Waals surface area contributed by atoms with Crippen LogP contribution in [-0.4, -0.2) is 17.7 Å². The van der Waals surface area contributed by atoms with Gasteiger partial charge in [0, 0.05) is 0 Å². The molecule has 0 atom stereocenters. The summed E-state index contributed by atoms with van der Waals surface area (Å²) in [7, 11) is 0. The van der Waals surface area contributed by atoms with E-state index in [1.807, 2.05) is 24.5 Å². The van der Waals surface area contributed by atoms with Crippen molar-refractivity contribution in [3.8, 4) is 0 Å². The van der Waals surface area contributed by atoms with Gasteiger partial charge >= 0.3 is 37.7 Å². The van der Waals surface area contributed by atoms with Gasteiger partial charge in [-0.3, -0.25) is 0 Å². The number of hydrogen-bond acceptors (Lipinski definition) is 4. The molecule has 0 amide bonds. The topological polar surface area (TPSA) is 87.2 Å². The van der Waals surface area contributed by atoms with Crippen LogP contribution in [0.15, 0.2) is 48.5 Å². The fourth-order valence-electron chi connectivity index (χ4n) is 2.19. The van der Waals surface area contributed by atoms with Crippen molar-refractivity contribution in [2.24, 2.45) is 0 Å². The molecule has 0 saturated heterocycles. The van der Waals surface area contributed by atoms with Gasteiger partial charge < -0.3 is 20.2 Å². The summed E-state index contributed by atoms with van der Waals surface area (Å²) in [5.74, 6) is -1.19. The summed E-state index contributed by atoms with van der Waals surface area (Å²) in [5, 5.41) is 14.5. The van der Waals surface area contributed by atoms with Crippen molar-refractivity contribution in [2.75, 3.05) is 0 Å². The van der Waals surface area contributed by atoms with E-state index < -0.39 is 5.97 Å². The Morgan fingerprint density at radius 1 is 0.818 bits per heavy atom. The molecule has 6 heteroatoms. The Kier molecular flexibility index (Phi) is 7.63. The summed E-state index contributed by atoms with van der Waals surface area (Å²) < 4.78 is 0. The third kappa shape index (κ3) is 3.81. The molecular formula is C16H9Li2O4-. The van der Waals surface area contributed by atoms with E-state index in [0.29, 0.717) is 5.56 Å². The maximum Gasteiger partial charge on any atom is 1.00 e. The third-order valence-electron chi connectivity index (χ3n) is 3.15. The van der Waals surface area contributed by atoms with E-state index in [1.165, 1.54) is 6.07 Å². The predicted octanol–water partition coefficient (Wildman–Crippen LogP) is -4.35. The Morgan fingerprint density at radius 2 is 1.36 bits per heavy atom. The molecule has 3 aromatic carbocycles. The van der Waals surface area contributed by atoms with Crippen LogP contribution in [0.1, 0.15) is 15.9 Å². The fraction of sp³-hybridized carbons (Fsp3) is 0. The Balaban J connectivity index is 0.00000147. The molecule has 0 aliphatic rings. The minimum absolute atomic E-state index is 0. The summed E-state index contributed by atoms with van der Waals surface area (Å²) in [4.78, 5) is 21.5. The van der Waals surface area contributed by atoms with Crippen LogP contribution in [0.4, 0.5) is 0 Å². The van der Waals surface area contributed by atoms with Gasteiger partial charge in [-0.25, -0.2) is 0 Å². The van der Waals surface area contributed by atoms with E-state index in [0.717, 1.165) is 21.5 Å². The zero-order valence-corrected chi connectivity index (χ0v) is 12.3. The molecule has 0 saturated carbocycles. The summed E-state index contributed by atoms with van der Waals surface area (Å²) in [6.07, 6.45) is 1.86. The first-order valence-corrected chi connectivity index (χ1v) is 5.74. The molecule has 0 fully saturated rings. The van der Waals surface area contributed by atoms with Gasteiger partial charge in [-0.2, -0.15) is 17.7 Å². The van der Waals surface area contributed by atoms with Crippen LogP contribution < -0.4 is 42.8 Å². The van der Waals surface area contributed by atoms with Crippen molar-refractivity contribution in [1.82, 2.24) is 0 Å². The molecule has 0 aliphatic heterocycles. The van der Waals surface area contributed by atoms with Crippen molar-refractivity contribution in [3.05, 3.63) is 59.7 Å². The fourth-order valence-corrected chi connectivity index (χ4v) is 2.19. The van der Waals surface area contributed by atoms with Gasteiger partial charge in [0.1, 0.15) is 0 Å². The average molecular weight is 279 g/mol. The molecule has 3 aromatic rings. The van der Waals surface area contributed by atoms with Gasteiger partial charge in [0.05, 0.1) is 12.3 Å². The normalized spacial score (nSPS) is 9.27. The molecule has 0 heterocycles. The van der Waals surface area contributed by atoms with Crippen LogP contribution in [0.25, 0.3) is 21.5 Å². The summed E-state index contributed by atoms with van der Waals surface area (Å²) in [6.45, 7) is 0. The number of carboxylic acid groups (broad SMARTS) is 1. The van der Waals surface area contributed by atoms with E-state index in [9.17, 15) is 14.7 Å². The number of hydrogen-bond donors (Lipinski definition) is 0. The van der Waals surface area contributed by atoms with Crippen molar-refractivity contribution in [1.29, 1.82) is 0 Å². The first kappa shape index (κ1) is 20.5. The second kappa shape index (κ2) is 8.20. The van der Waals surface area contributed by atoms with Gasteiger partial charge in [0.25, 0.3) is 0 Å². The molecule has 22 heavy (non-hydrogen) atoms. The monoisotopic (exact) mass is 279 g/mol. The number of aromatic carboxylic acids is 1.